The van der Waals surface area contributed by atoms with Crippen molar-refractivity contribution in [2.45, 2.75) is 19.3 Å². The summed E-state index contributed by atoms with van der Waals surface area (Å²) in [6.45, 7) is 7.27. The van der Waals surface area contributed by atoms with Gasteiger partial charge in [0.05, 0.1) is 23.3 Å². The molecule has 1 N–H and O–H groups in total. The molecule has 1 saturated heterocycles. The van der Waals surface area contributed by atoms with Crippen LogP contribution in [0.15, 0.2) is 55.2 Å². The van der Waals surface area contributed by atoms with Crippen molar-refractivity contribution in [3.05, 3.63) is 66.5 Å². The van der Waals surface area contributed by atoms with Gasteiger partial charge in [-0.2, -0.15) is 0 Å². The zero-order chi connectivity index (χ0) is 15.2. The Morgan fingerprint density at radius 3 is 2.55 bits per heavy atom. The van der Waals surface area contributed by atoms with E-state index in [-0.39, 0.29) is 0 Å². The summed E-state index contributed by atoms with van der Waals surface area (Å²) in [5, 5.41) is 3.37. The minimum absolute atomic E-state index is 0.873. The van der Waals surface area contributed by atoms with Crippen LogP contribution in [0.2, 0.25) is 0 Å². The summed E-state index contributed by atoms with van der Waals surface area (Å²) in [6, 6.07) is 14.7. The Bertz CT molecular complexity index is 598. The molecule has 22 heavy (non-hydrogen) atoms. The van der Waals surface area contributed by atoms with E-state index in [0.717, 1.165) is 37.4 Å². The van der Waals surface area contributed by atoms with Gasteiger partial charge < -0.3 is 10.2 Å². The van der Waals surface area contributed by atoms with Crippen molar-refractivity contribution >= 4 is 11.4 Å². The predicted molar refractivity (Wildman–Crippen MR) is 92.9 cm³/mol. The lowest BCUT2D eigenvalue weighted by Crippen LogP contribution is -2.18. The Hall–Kier alpha value is -2.29. The van der Waals surface area contributed by atoms with E-state index in [4.69, 9.17) is 0 Å². The van der Waals surface area contributed by atoms with Gasteiger partial charge in [0.2, 0.25) is 0 Å². The molecule has 3 heteroatoms. The zero-order valence-corrected chi connectivity index (χ0v) is 13.0. The average Bonchev–Trinajstić information content (AvgIpc) is 3.10. The van der Waals surface area contributed by atoms with Gasteiger partial charge in [-0.1, -0.05) is 36.9 Å². The minimum Gasteiger partial charge on any atom is -0.383 e. The number of anilines is 1. The first-order valence-electron chi connectivity index (χ1n) is 8.01. The predicted octanol–water partition coefficient (Wildman–Crippen LogP) is 3.48. The fourth-order valence-corrected chi connectivity index (χ4v) is 2.82. The molecule has 1 aliphatic heterocycles. The lowest BCUT2D eigenvalue weighted by Gasteiger charge is -2.17. The average molecular weight is 293 g/mol. The lowest BCUT2D eigenvalue weighted by molar-refractivity contribution is 0.844. The molecule has 0 unspecified atom stereocenters. The third kappa shape index (κ3) is 3.67. The molecule has 2 aromatic rings. The molecule has 114 valence electrons. The van der Waals surface area contributed by atoms with E-state index in [1.165, 1.54) is 24.1 Å². The van der Waals surface area contributed by atoms with E-state index in [0.29, 0.717) is 0 Å². The normalized spacial score (nSPS) is 14.1. The fourth-order valence-electron chi connectivity index (χ4n) is 2.82. The Labute approximate surface area is 132 Å². The Kier molecular flexibility index (Phi) is 4.74. The largest absolute Gasteiger partial charge is 0.383 e. The third-order valence-electron chi connectivity index (χ3n) is 4.12. The molecule has 0 bridgehead atoms. The number of hydrogen-bond donors (Lipinski definition) is 1. The quantitative estimate of drug-likeness (QED) is 0.883. The van der Waals surface area contributed by atoms with E-state index < -0.39 is 0 Å². The van der Waals surface area contributed by atoms with E-state index >= 15 is 0 Å². The number of nitrogens with zero attached hydrogens (tertiary/aromatic N) is 2. The second-order valence-corrected chi connectivity index (χ2v) is 5.74. The van der Waals surface area contributed by atoms with Crippen LogP contribution in [0, 0.1) is 0 Å². The van der Waals surface area contributed by atoms with E-state index in [9.17, 15) is 0 Å². The molecule has 0 atom stereocenters. The monoisotopic (exact) mass is 293 g/mol. The van der Waals surface area contributed by atoms with Gasteiger partial charge in [0.1, 0.15) is 0 Å². The highest BCUT2D eigenvalue weighted by atomic mass is 15.1. The number of aromatic nitrogens is 1. The molecule has 2 heterocycles. The Morgan fingerprint density at radius 2 is 1.86 bits per heavy atom. The van der Waals surface area contributed by atoms with Crippen molar-refractivity contribution in [2.24, 2.45) is 0 Å². The lowest BCUT2D eigenvalue weighted by atomic mass is 10.1. The number of nitrogens with one attached hydrogen (secondary N) is 1. The van der Waals surface area contributed by atoms with Gasteiger partial charge in [-0.15, -0.1) is 0 Å². The summed E-state index contributed by atoms with van der Waals surface area (Å²) in [6.07, 6.45) is 5.53. The molecule has 0 amide bonds. The first-order valence-corrected chi connectivity index (χ1v) is 8.01. The van der Waals surface area contributed by atoms with Crippen molar-refractivity contribution in [3.63, 3.8) is 0 Å². The Balaban J connectivity index is 1.51. The maximum Gasteiger partial charge on any atom is 0.0856 e. The smallest absolute Gasteiger partial charge is 0.0856 e. The van der Waals surface area contributed by atoms with Crippen LogP contribution in [-0.4, -0.2) is 24.6 Å². The van der Waals surface area contributed by atoms with Crippen molar-refractivity contribution in [3.8, 4) is 0 Å². The molecular formula is C19H23N3. The SMILES string of the molecule is C=C(NCCc1ccccc1)c1ccc(N2CCCC2)cn1. The molecule has 0 aliphatic carbocycles. The van der Waals surface area contributed by atoms with Crippen LogP contribution in [0.5, 0.6) is 0 Å². The zero-order valence-electron chi connectivity index (χ0n) is 13.0. The molecule has 0 saturated carbocycles. The van der Waals surface area contributed by atoms with Crippen molar-refractivity contribution in [2.75, 3.05) is 24.5 Å². The van der Waals surface area contributed by atoms with Crippen molar-refractivity contribution < 1.29 is 0 Å². The highest BCUT2D eigenvalue weighted by Gasteiger charge is 2.12. The van der Waals surface area contributed by atoms with Crippen LogP contribution in [0.1, 0.15) is 24.1 Å². The van der Waals surface area contributed by atoms with Crippen LogP contribution in [0.3, 0.4) is 0 Å². The van der Waals surface area contributed by atoms with Gasteiger partial charge in [0.25, 0.3) is 0 Å². The van der Waals surface area contributed by atoms with Gasteiger partial charge >= 0.3 is 0 Å². The van der Waals surface area contributed by atoms with Gasteiger partial charge in [-0.05, 0) is 37.0 Å². The molecule has 1 aromatic heterocycles. The molecule has 0 spiro atoms. The number of rotatable bonds is 6. The second-order valence-electron chi connectivity index (χ2n) is 5.74. The first kappa shape index (κ1) is 14.6. The summed E-state index contributed by atoms with van der Waals surface area (Å²) in [5.74, 6) is 0. The summed E-state index contributed by atoms with van der Waals surface area (Å²) >= 11 is 0. The minimum atomic E-state index is 0.873. The second kappa shape index (κ2) is 7.12. The van der Waals surface area contributed by atoms with Crippen LogP contribution in [0.4, 0.5) is 5.69 Å². The third-order valence-corrected chi connectivity index (χ3v) is 4.12. The van der Waals surface area contributed by atoms with Crippen molar-refractivity contribution in [1.29, 1.82) is 0 Å². The fraction of sp³-hybridized carbons (Fsp3) is 0.316. The number of hydrogen-bond acceptors (Lipinski definition) is 3. The van der Waals surface area contributed by atoms with Crippen LogP contribution in [-0.2, 0) is 6.42 Å². The van der Waals surface area contributed by atoms with Gasteiger partial charge in [-0.3, -0.25) is 4.98 Å². The Morgan fingerprint density at radius 1 is 1.09 bits per heavy atom. The maximum absolute atomic E-state index is 4.55. The van der Waals surface area contributed by atoms with Gasteiger partial charge in [0, 0.05) is 19.6 Å². The van der Waals surface area contributed by atoms with E-state index in [1.807, 2.05) is 12.3 Å². The molecule has 1 fully saturated rings. The maximum atomic E-state index is 4.55. The molecular weight excluding hydrogens is 270 g/mol. The topological polar surface area (TPSA) is 28.2 Å². The molecule has 0 radical (unpaired) electrons. The van der Waals surface area contributed by atoms with Crippen LogP contribution >= 0.6 is 0 Å². The summed E-state index contributed by atoms with van der Waals surface area (Å²) in [7, 11) is 0. The summed E-state index contributed by atoms with van der Waals surface area (Å²) in [5.41, 5.74) is 4.37. The van der Waals surface area contributed by atoms with Crippen LogP contribution in [0.25, 0.3) is 5.70 Å². The molecule has 1 aromatic carbocycles. The summed E-state index contributed by atoms with van der Waals surface area (Å²) < 4.78 is 0. The molecule has 1 aliphatic rings. The van der Waals surface area contributed by atoms with E-state index in [1.54, 1.807) is 0 Å². The molecule has 3 nitrogen and oxygen atoms in total. The summed E-state index contributed by atoms with van der Waals surface area (Å²) in [4.78, 5) is 6.94. The van der Waals surface area contributed by atoms with Gasteiger partial charge in [-0.25, -0.2) is 0 Å². The highest BCUT2D eigenvalue weighted by molar-refractivity contribution is 5.60. The standard InChI is InChI=1S/C19H23N3/c1-16(20-12-11-17-7-3-2-4-8-17)19-10-9-18(15-21-19)22-13-5-6-14-22/h2-4,7-10,15,20H,1,5-6,11-14H2. The van der Waals surface area contributed by atoms with E-state index in [2.05, 4.69) is 58.2 Å². The first-order chi connectivity index (χ1) is 10.8. The molecule has 3 rings (SSSR count). The van der Waals surface area contributed by atoms with Gasteiger partial charge in [0.15, 0.2) is 0 Å². The van der Waals surface area contributed by atoms with Crippen LogP contribution < -0.4 is 10.2 Å². The number of pyridine rings is 1. The highest BCUT2D eigenvalue weighted by Crippen LogP contribution is 2.20. The van der Waals surface area contributed by atoms with Crippen molar-refractivity contribution in [1.82, 2.24) is 10.3 Å². The number of benzene rings is 1.